The molecule has 154 valence electrons. The molecule has 1 fully saturated rings. The fourth-order valence-corrected chi connectivity index (χ4v) is 4.47. The third-order valence-electron chi connectivity index (χ3n) is 4.64. The molecule has 2 aromatic carbocycles. The normalized spacial score (nSPS) is 16.2. The first-order valence-corrected chi connectivity index (χ1v) is 10.5. The van der Waals surface area contributed by atoms with Crippen molar-refractivity contribution in [2.75, 3.05) is 26.2 Å². The van der Waals surface area contributed by atoms with Crippen LogP contribution in [0.15, 0.2) is 59.5 Å². The van der Waals surface area contributed by atoms with Gasteiger partial charge in [0.1, 0.15) is 5.75 Å². The number of hydrogen-bond donors (Lipinski definition) is 0. The molecule has 0 aliphatic carbocycles. The number of non-ortho nitro benzene ring substituents is 1. The highest BCUT2D eigenvalue weighted by atomic mass is 32.2. The molecule has 3 rings (SSSR count). The first kappa shape index (κ1) is 20.7. The molecule has 1 heterocycles. The molecule has 0 spiro atoms. The number of para-hydroxylation sites is 1. The molecular formula is C19H21N3O6S. The molecule has 1 aliphatic heterocycles. The third-order valence-corrected chi connectivity index (χ3v) is 6.55. The SMILES string of the molecule is C[C@@H](Oc1ccccc1)C(=O)N1CCN(S(=O)(=O)c2ccc([N+](=O)[O-])cc2)CC1. The zero-order valence-corrected chi connectivity index (χ0v) is 16.6. The number of benzene rings is 2. The Kier molecular flexibility index (Phi) is 6.14. The van der Waals surface area contributed by atoms with Gasteiger partial charge in [0.05, 0.1) is 9.82 Å². The maximum absolute atomic E-state index is 12.7. The minimum atomic E-state index is -3.78. The number of nitro benzene ring substituents is 1. The smallest absolute Gasteiger partial charge is 0.269 e. The fourth-order valence-electron chi connectivity index (χ4n) is 3.05. The first-order valence-electron chi connectivity index (χ1n) is 9.04. The molecule has 0 saturated carbocycles. The highest BCUT2D eigenvalue weighted by Gasteiger charge is 2.32. The van der Waals surface area contributed by atoms with Crippen LogP contribution in [0.1, 0.15) is 6.92 Å². The summed E-state index contributed by atoms with van der Waals surface area (Å²) in [6.07, 6.45) is -0.685. The largest absolute Gasteiger partial charge is 0.481 e. The lowest BCUT2D eigenvalue weighted by Crippen LogP contribution is -2.53. The minimum Gasteiger partial charge on any atom is -0.481 e. The van der Waals surface area contributed by atoms with E-state index >= 15 is 0 Å². The van der Waals surface area contributed by atoms with Crippen molar-refractivity contribution in [3.8, 4) is 5.75 Å². The summed E-state index contributed by atoms with van der Waals surface area (Å²) in [6.45, 7) is 2.43. The van der Waals surface area contributed by atoms with E-state index in [4.69, 9.17) is 4.74 Å². The van der Waals surface area contributed by atoms with E-state index in [0.29, 0.717) is 5.75 Å². The molecule has 0 bridgehead atoms. The van der Waals surface area contributed by atoms with E-state index in [-0.39, 0.29) is 42.7 Å². The Morgan fingerprint density at radius 2 is 1.62 bits per heavy atom. The molecule has 29 heavy (non-hydrogen) atoms. The van der Waals surface area contributed by atoms with E-state index in [1.807, 2.05) is 18.2 Å². The van der Waals surface area contributed by atoms with Crippen molar-refractivity contribution in [3.05, 3.63) is 64.7 Å². The van der Waals surface area contributed by atoms with Crippen molar-refractivity contribution < 1.29 is 22.9 Å². The van der Waals surface area contributed by atoms with E-state index in [1.165, 1.54) is 16.4 Å². The van der Waals surface area contributed by atoms with Gasteiger partial charge in [-0.1, -0.05) is 18.2 Å². The number of carbonyl (C=O) groups excluding carboxylic acids is 1. The number of amides is 1. The molecule has 1 atom stereocenters. The van der Waals surface area contributed by atoms with Gasteiger partial charge < -0.3 is 9.64 Å². The van der Waals surface area contributed by atoms with Gasteiger partial charge >= 0.3 is 0 Å². The lowest BCUT2D eigenvalue weighted by atomic mass is 10.3. The van der Waals surface area contributed by atoms with Gasteiger partial charge in [-0.3, -0.25) is 14.9 Å². The number of nitro groups is 1. The zero-order valence-electron chi connectivity index (χ0n) is 15.8. The molecule has 2 aromatic rings. The summed E-state index contributed by atoms with van der Waals surface area (Å²) >= 11 is 0. The van der Waals surface area contributed by atoms with Crippen LogP contribution in [0, 0.1) is 10.1 Å². The molecule has 10 heteroatoms. The van der Waals surface area contributed by atoms with Gasteiger partial charge in [-0.25, -0.2) is 8.42 Å². The van der Waals surface area contributed by atoms with Gasteiger partial charge in [0.2, 0.25) is 10.0 Å². The van der Waals surface area contributed by atoms with Crippen molar-refractivity contribution in [2.24, 2.45) is 0 Å². The Morgan fingerprint density at radius 3 is 2.17 bits per heavy atom. The Bertz CT molecular complexity index is 971. The van der Waals surface area contributed by atoms with Crippen LogP contribution in [-0.4, -0.2) is 60.7 Å². The van der Waals surface area contributed by atoms with E-state index < -0.39 is 21.1 Å². The van der Waals surface area contributed by atoms with Gasteiger partial charge in [-0.05, 0) is 31.2 Å². The summed E-state index contributed by atoms with van der Waals surface area (Å²) in [7, 11) is -3.78. The van der Waals surface area contributed by atoms with Crippen LogP contribution in [0.5, 0.6) is 5.75 Å². The number of sulfonamides is 1. The molecular weight excluding hydrogens is 398 g/mol. The number of piperazine rings is 1. The number of rotatable bonds is 6. The van der Waals surface area contributed by atoms with E-state index in [9.17, 15) is 23.3 Å². The van der Waals surface area contributed by atoms with Crippen molar-refractivity contribution in [1.82, 2.24) is 9.21 Å². The zero-order chi connectivity index (χ0) is 21.0. The summed E-state index contributed by atoms with van der Waals surface area (Å²) in [5.74, 6) is 0.383. The van der Waals surface area contributed by atoms with Gasteiger partial charge in [0.25, 0.3) is 11.6 Å². The summed E-state index contributed by atoms with van der Waals surface area (Å²) < 4.78 is 32.4. The molecule has 1 saturated heterocycles. The molecule has 0 radical (unpaired) electrons. The van der Waals surface area contributed by atoms with E-state index in [0.717, 1.165) is 12.1 Å². The average molecular weight is 419 g/mol. The quantitative estimate of drug-likeness (QED) is 0.522. The standard InChI is InChI=1S/C19H21N3O6S/c1-15(28-17-5-3-2-4-6-17)19(23)20-11-13-21(14-12-20)29(26,27)18-9-7-16(8-10-18)22(24)25/h2-10,15H,11-14H2,1H3/t15-/m1/s1. The van der Waals surface area contributed by atoms with Gasteiger partial charge in [-0.2, -0.15) is 4.31 Å². The maximum Gasteiger partial charge on any atom is 0.269 e. The Labute approximate surface area is 168 Å². The van der Waals surface area contributed by atoms with Crippen molar-refractivity contribution in [1.29, 1.82) is 0 Å². The summed E-state index contributed by atoms with van der Waals surface area (Å²) in [5.41, 5.74) is -0.174. The number of hydrogen-bond acceptors (Lipinski definition) is 6. The number of carbonyl (C=O) groups is 1. The highest BCUT2D eigenvalue weighted by molar-refractivity contribution is 7.89. The second kappa shape index (κ2) is 8.58. The van der Waals surface area contributed by atoms with Crippen molar-refractivity contribution in [2.45, 2.75) is 17.9 Å². The average Bonchev–Trinajstić information content (AvgIpc) is 2.74. The Morgan fingerprint density at radius 1 is 1.03 bits per heavy atom. The van der Waals surface area contributed by atoms with E-state index in [1.54, 1.807) is 24.0 Å². The number of nitrogens with zero attached hydrogens (tertiary/aromatic N) is 3. The maximum atomic E-state index is 12.7. The summed E-state index contributed by atoms with van der Waals surface area (Å²) in [6, 6.07) is 13.8. The predicted molar refractivity (Wildman–Crippen MR) is 105 cm³/mol. The predicted octanol–water partition coefficient (Wildman–Crippen LogP) is 1.90. The van der Waals surface area contributed by atoms with Crippen LogP contribution in [-0.2, 0) is 14.8 Å². The summed E-state index contributed by atoms with van der Waals surface area (Å²) in [5, 5.41) is 10.7. The lowest BCUT2D eigenvalue weighted by molar-refractivity contribution is -0.384. The lowest BCUT2D eigenvalue weighted by Gasteiger charge is -2.35. The molecule has 1 amide bonds. The minimum absolute atomic E-state index is 0.0105. The van der Waals surface area contributed by atoms with Crippen molar-refractivity contribution in [3.63, 3.8) is 0 Å². The summed E-state index contributed by atoms with van der Waals surface area (Å²) in [4.78, 5) is 24.3. The number of ether oxygens (including phenoxy) is 1. The van der Waals surface area contributed by atoms with Crippen LogP contribution in [0.4, 0.5) is 5.69 Å². The van der Waals surface area contributed by atoms with E-state index in [2.05, 4.69) is 0 Å². The molecule has 9 nitrogen and oxygen atoms in total. The van der Waals surface area contributed by atoms with Crippen LogP contribution in [0.3, 0.4) is 0 Å². The second-order valence-electron chi connectivity index (χ2n) is 6.55. The van der Waals surface area contributed by atoms with Crippen LogP contribution >= 0.6 is 0 Å². The second-order valence-corrected chi connectivity index (χ2v) is 8.49. The molecule has 1 aliphatic rings. The van der Waals surface area contributed by atoms with Crippen LogP contribution in [0.25, 0.3) is 0 Å². The van der Waals surface area contributed by atoms with Gasteiger partial charge in [0, 0.05) is 38.3 Å². The molecule has 0 aromatic heterocycles. The monoisotopic (exact) mass is 419 g/mol. The highest BCUT2D eigenvalue weighted by Crippen LogP contribution is 2.21. The van der Waals surface area contributed by atoms with Crippen molar-refractivity contribution >= 4 is 21.6 Å². The first-order chi connectivity index (χ1) is 13.8. The van der Waals surface area contributed by atoms with Gasteiger partial charge in [-0.15, -0.1) is 0 Å². The topological polar surface area (TPSA) is 110 Å². The molecule has 0 unspecified atom stereocenters. The Hall–Kier alpha value is -2.98. The molecule has 0 N–H and O–H groups in total. The third kappa shape index (κ3) is 4.72. The van der Waals surface area contributed by atoms with Gasteiger partial charge in [0.15, 0.2) is 6.10 Å². The van der Waals surface area contributed by atoms with Crippen LogP contribution in [0.2, 0.25) is 0 Å². The Balaban J connectivity index is 1.60. The van der Waals surface area contributed by atoms with Crippen LogP contribution < -0.4 is 4.74 Å². The fraction of sp³-hybridized carbons (Fsp3) is 0.316.